The van der Waals surface area contributed by atoms with Crippen LogP contribution in [0.1, 0.15) is 24.0 Å². The Balaban J connectivity index is 1.86. The zero-order chi connectivity index (χ0) is 13.7. The molecule has 0 aromatic heterocycles. The summed E-state index contributed by atoms with van der Waals surface area (Å²) in [5.74, 6) is 0. The molecule has 1 aromatic rings. The van der Waals surface area contributed by atoms with Gasteiger partial charge in [0, 0.05) is 19.1 Å². The van der Waals surface area contributed by atoms with Gasteiger partial charge in [0.05, 0.1) is 0 Å². The highest BCUT2D eigenvalue weighted by atomic mass is 15.2. The van der Waals surface area contributed by atoms with Gasteiger partial charge in [-0.1, -0.05) is 24.3 Å². The summed E-state index contributed by atoms with van der Waals surface area (Å²) in [5, 5.41) is 3.18. The molecule has 3 heteroatoms. The highest BCUT2D eigenvalue weighted by Gasteiger charge is 2.20. The quantitative estimate of drug-likeness (QED) is 0.874. The van der Waals surface area contributed by atoms with E-state index in [-0.39, 0.29) is 0 Å². The maximum atomic E-state index is 3.18. The molecule has 0 bridgehead atoms. The highest BCUT2D eigenvalue weighted by Crippen LogP contribution is 2.16. The molecule has 1 N–H and O–H groups in total. The van der Waals surface area contributed by atoms with Gasteiger partial charge in [-0.25, -0.2) is 0 Å². The first kappa shape index (κ1) is 14.5. The molecule has 0 aliphatic carbocycles. The van der Waals surface area contributed by atoms with Gasteiger partial charge in [0.15, 0.2) is 0 Å². The smallest absolute Gasteiger partial charge is 0.0233 e. The van der Waals surface area contributed by atoms with Crippen LogP contribution < -0.4 is 5.32 Å². The molecule has 1 fully saturated rings. The molecule has 0 unspecified atom stereocenters. The minimum Gasteiger partial charge on any atom is -0.316 e. The molecule has 0 spiro atoms. The summed E-state index contributed by atoms with van der Waals surface area (Å²) in [6.45, 7) is 4.48. The molecule has 0 amide bonds. The Morgan fingerprint density at radius 2 is 1.74 bits per heavy atom. The van der Waals surface area contributed by atoms with Crippen LogP contribution in [0, 0.1) is 0 Å². The average molecular weight is 261 g/mol. The van der Waals surface area contributed by atoms with Crippen LogP contribution in [-0.4, -0.2) is 50.1 Å². The summed E-state index contributed by atoms with van der Waals surface area (Å²) in [4.78, 5) is 4.94. The van der Waals surface area contributed by atoms with E-state index in [4.69, 9.17) is 0 Å². The van der Waals surface area contributed by atoms with E-state index in [9.17, 15) is 0 Å². The van der Waals surface area contributed by atoms with Crippen molar-refractivity contribution < 1.29 is 0 Å². The Hall–Kier alpha value is -0.900. The van der Waals surface area contributed by atoms with Crippen molar-refractivity contribution in [2.24, 2.45) is 0 Å². The average Bonchev–Trinajstić information content (AvgIpc) is 2.42. The molecule has 1 aliphatic rings. The summed E-state index contributed by atoms with van der Waals surface area (Å²) in [5.41, 5.74) is 2.77. The van der Waals surface area contributed by atoms with Gasteiger partial charge in [-0.05, 0) is 58.2 Å². The molecule has 19 heavy (non-hydrogen) atoms. The van der Waals surface area contributed by atoms with Crippen LogP contribution in [-0.2, 0) is 13.1 Å². The summed E-state index contributed by atoms with van der Waals surface area (Å²) in [7, 11) is 6.47. The van der Waals surface area contributed by atoms with E-state index in [1.54, 1.807) is 0 Å². The van der Waals surface area contributed by atoms with Crippen molar-refractivity contribution in [2.75, 3.05) is 34.2 Å². The third-order valence-electron chi connectivity index (χ3n) is 4.15. The maximum Gasteiger partial charge on any atom is 0.0233 e. The van der Waals surface area contributed by atoms with E-state index in [1.807, 2.05) is 7.05 Å². The summed E-state index contributed by atoms with van der Waals surface area (Å²) >= 11 is 0. The molecule has 2 rings (SSSR count). The first-order valence-electron chi connectivity index (χ1n) is 7.30. The third-order valence-corrected chi connectivity index (χ3v) is 4.15. The van der Waals surface area contributed by atoms with E-state index in [0.717, 1.165) is 19.1 Å². The summed E-state index contributed by atoms with van der Waals surface area (Å²) in [6.07, 6.45) is 2.59. The van der Waals surface area contributed by atoms with Crippen LogP contribution >= 0.6 is 0 Å². The fourth-order valence-corrected chi connectivity index (χ4v) is 2.82. The van der Waals surface area contributed by atoms with Crippen molar-refractivity contribution in [2.45, 2.75) is 32.0 Å². The van der Waals surface area contributed by atoms with E-state index in [0.29, 0.717) is 0 Å². The van der Waals surface area contributed by atoms with Crippen LogP contribution in [0.4, 0.5) is 0 Å². The Morgan fingerprint density at radius 1 is 1.16 bits per heavy atom. The van der Waals surface area contributed by atoms with Gasteiger partial charge in [0.1, 0.15) is 0 Å². The van der Waals surface area contributed by atoms with Gasteiger partial charge in [0.2, 0.25) is 0 Å². The molecule has 106 valence electrons. The lowest BCUT2D eigenvalue weighted by molar-refractivity contribution is 0.139. The molecule has 3 nitrogen and oxygen atoms in total. The fourth-order valence-electron chi connectivity index (χ4n) is 2.82. The van der Waals surface area contributed by atoms with Crippen molar-refractivity contribution in [1.82, 2.24) is 15.1 Å². The predicted molar refractivity (Wildman–Crippen MR) is 81.2 cm³/mol. The van der Waals surface area contributed by atoms with Crippen molar-refractivity contribution in [3.8, 4) is 0 Å². The number of nitrogens with one attached hydrogen (secondary N) is 1. The minimum atomic E-state index is 0.744. The van der Waals surface area contributed by atoms with Crippen LogP contribution in [0.5, 0.6) is 0 Å². The van der Waals surface area contributed by atoms with E-state index in [1.165, 1.54) is 37.1 Å². The van der Waals surface area contributed by atoms with Gasteiger partial charge in [0.25, 0.3) is 0 Å². The van der Waals surface area contributed by atoms with Gasteiger partial charge in [-0.2, -0.15) is 0 Å². The Labute approximate surface area is 117 Å². The lowest BCUT2D eigenvalue weighted by atomic mass is 10.0. The van der Waals surface area contributed by atoms with Crippen LogP contribution in [0.3, 0.4) is 0 Å². The number of hydrogen-bond acceptors (Lipinski definition) is 3. The molecule has 1 heterocycles. The molecule has 0 radical (unpaired) electrons. The fraction of sp³-hybridized carbons (Fsp3) is 0.625. The molecule has 0 saturated carbocycles. The van der Waals surface area contributed by atoms with E-state index < -0.39 is 0 Å². The van der Waals surface area contributed by atoms with Crippen LogP contribution in [0.2, 0.25) is 0 Å². The zero-order valence-corrected chi connectivity index (χ0v) is 12.5. The third kappa shape index (κ3) is 4.30. The SMILES string of the molecule is CNCc1ccc(CN(C)C2CCN(C)CC2)cc1. The monoisotopic (exact) mass is 261 g/mol. The molecular formula is C16H27N3. The van der Waals surface area contributed by atoms with Gasteiger partial charge < -0.3 is 10.2 Å². The zero-order valence-electron chi connectivity index (χ0n) is 12.5. The maximum absolute atomic E-state index is 3.18. The Bertz CT molecular complexity index is 366. The molecule has 1 saturated heterocycles. The second-order valence-electron chi connectivity index (χ2n) is 5.80. The van der Waals surface area contributed by atoms with E-state index in [2.05, 4.69) is 53.5 Å². The van der Waals surface area contributed by atoms with Crippen LogP contribution in [0.25, 0.3) is 0 Å². The second-order valence-corrected chi connectivity index (χ2v) is 5.80. The lowest BCUT2D eigenvalue weighted by Gasteiger charge is -2.35. The number of likely N-dealkylation sites (tertiary alicyclic amines) is 1. The van der Waals surface area contributed by atoms with Crippen LogP contribution in [0.15, 0.2) is 24.3 Å². The lowest BCUT2D eigenvalue weighted by Crippen LogP contribution is -2.41. The first-order valence-corrected chi connectivity index (χ1v) is 7.30. The number of rotatable bonds is 5. The molecular weight excluding hydrogens is 234 g/mol. The highest BCUT2D eigenvalue weighted by molar-refractivity contribution is 5.22. The molecule has 1 aromatic carbocycles. The number of piperidine rings is 1. The van der Waals surface area contributed by atoms with Gasteiger partial charge in [-0.3, -0.25) is 4.90 Å². The normalized spacial score (nSPS) is 18.1. The minimum absolute atomic E-state index is 0.744. The van der Waals surface area contributed by atoms with Gasteiger partial charge >= 0.3 is 0 Å². The van der Waals surface area contributed by atoms with Gasteiger partial charge in [-0.15, -0.1) is 0 Å². The standard InChI is InChI=1S/C16H27N3/c1-17-12-14-4-6-15(7-5-14)13-19(3)16-8-10-18(2)11-9-16/h4-7,16-17H,8-13H2,1-3H3. The largest absolute Gasteiger partial charge is 0.316 e. The first-order chi connectivity index (χ1) is 9.19. The van der Waals surface area contributed by atoms with Crippen molar-refractivity contribution in [3.63, 3.8) is 0 Å². The predicted octanol–water partition coefficient (Wildman–Crippen LogP) is 1.93. The van der Waals surface area contributed by atoms with E-state index >= 15 is 0 Å². The Morgan fingerprint density at radius 3 is 2.32 bits per heavy atom. The molecule has 1 aliphatic heterocycles. The van der Waals surface area contributed by atoms with Crippen molar-refractivity contribution >= 4 is 0 Å². The second kappa shape index (κ2) is 7.04. The number of nitrogens with zero attached hydrogens (tertiary/aromatic N) is 2. The molecule has 0 atom stereocenters. The number of benzene rings is 1. The summed E-state index contributed by atoms with van der Waals surface area (Å²) < 4.78 is 0. The summed E-state index contributed by atoms with van der Waals surface area (Å²) in [6, 6.07) is 9.73. The number of hydrogen-bond donors (Lipinski definition) is 1. The van der Waals surface area contributed by atoms with Crippen molar-refractivity contribution in [1.29, 1.82) is 0 Å². The van der Waals surface area contributed by atoms with Crippen molar-refractivity contribution in [3.05, 3.63) is 35.4 Å². The topological polar surface area (TPSA) is 18.5 Å². The Kier molecular flexibility index (Phi) is 5.37.